The van der Waals surface area contributed by atoms with E-state index in [1.54, 1.807) is 30.5 Å². The third-order valence-corrected chi connectivity index (χ3v) is 3.17. The number of pyridine rings is 1. The summed E-state index contributed by atoms with van der Waals surface area (Å²) in [6, 6.07) is 12.5. The first-order valence-electron chi connectivity index (χ1n) is 5.58. The third kappa shape index (κ3) is 3.39. The summed E-state index contributed by atoms with van der Waals surface area (Å²) in [5.74, 6) is -0.190. The molecule has 0 bridgehead atoms. The molecule has 0 aliphatic carbocycles. The molecule has 2 aromatic rings. The van der Waals surface area contributed by atoms with Crippen molar-refractivity contribution in [3.63, 3.8) is 0 Å². The number of hydrogen-bond acceptors (Lipinski definition) is 3. The van der Waals surface area contributed by atoms with E-state index in [-0.39, 0.29) is 5.91 Å². The van der Waals surface area contributed by atoms with Crippen LogP contribution in [0.25, 0.3) is 0 Å². The Morgan fingerprint density at radius 2 is 2.05 bits per heavy atom. The molecule has 1 aromatic carbocycles. The molecule has 1 heterocycles. The van der Waals surface area contributed by atoms with Crippen molar-refractivity contribution >= 4 is 21.8 Å². The maximum Gasteiger partial charge on any atom is 0.254 e. The molecule has 1 aromatic heterocycles. The Morgan fingerprint density at radius 1 is 1.32 bits per heavy atom. The zero-order chi connectivity index (χ0) is 13.7. The van der Waals surface area contributed by atoms with Crippen molar-refractivity contribution < 1.29 is 4.79 Å². The number of amides is 1. The highest BCUT2D eigenvalue weighted by atomic mass is 79.9. The second kappa shape index (κ2) is 6.12. The average molecular weight is 316 g/mol. The van der Waals surface area contributed by atoms with Crippen LogP contribution >= 0.6 is 15.9 Å². The topological polar surface area (TPSA) is 65.8 Å². The van der Waals surface area contributed by atoms with Crippen molar-refractivity contribution in [3.8, 4) is 6.07 Å². The number of rotatable bonds is 3. The number of benzene rings is 1. The Balaban J connectivity index is 2.01. The van der Waals surface area contributed by atoms with Gasteiger partial charge in [-0.1, -0.05) is 12.1 Å². The molecule has 0 spiro atoms. The molecule has 0 saturated carbocycles. The summed E-state index contributed by atoms with van der Waals surface area (Å²) in [4.78, 5) is 15.9. The lowest BCUT2D eigenvalue weighted by Gasteiger charge is -2.06. The minimum absolute atomic E-state index is 0.190. The quantitative estimate of drug-likeness (QED) is 0.885. The van der Waals surface area contributed by atoms with E-state index < -0.39 is 0 Å². The van der Waals surface area contributed by atoms with E-state index in [1.807, 2.05) is 12.1 Å². The van der Waals surface area contributed by atoms with E-state index in [2.05, 4.69) is 32.3 Å². The van der Waals surface area contributed by atoms with Gasteiger partial charge in [0.25, 0.3) is 5.91 Å². The van der Waals surface area contributed by atoms with Crippen LogP contribution in [0.4, 0.5) is 0 Å². The number of nitrogens with zero attached hydrogens (tertiary/aromatic N) is 2. The molecule has 0 saturated heterocycles. The third-order valence-electron chi connectivity index (χ3n) is 2.54. The zero-order valence-electron chi connectivity index (χ0n) is 9.93. The molecule has 4 nitrogen and oxygen atoms in total. The fraction of sp³-hybridized carbons (Fsp3) is 0.0714. The fourth-order valence-corrected chi connectivity index (χ4v) is 1.96. The molecule has 0 unspecified atom stereocenters. The van der Waals surface area contributed by atoms with Crippen LogP contribution in [0.15, 0.2) is 47.2 Å². The van der Waals surface area contributed by atoms with Gasteiger partial charge in [-0.15, -0.1) is 0 Å². The van der Waals surface area contributed by atoms with E-state index in [0.29, 0.717) is 22.3 Å². The first-order valence-corrected chi connectivity index (χ1v) is 6.38. The highest BCUT2D eigenvalue weighted by molar-refractivity contribution is 9.10. The first-order chi connectivity index (χ1) is 9.20. The minimum Gasteiger partial charge on any atom is -0.348 e. The zero-order valence-corrected chi connectivity index (χ0v) is 11.5. The van der Waals surface area contributed by atoms with Crippen molar-refractivity contribution in [2.45, 2.75) is 6.54 Å². The molecule has 0 aliphatic heterocycles. The van der Waals surface area contributed by atoms with Crippen LogP contribution in [-0.4, -0.2) is 10.9 Å². The van der Waals surface area contributed by atoms with Gasteiger partial charge in [0.15, 0.2) is 0 Å². The molecule has 2 rings (SSSR count). The van der Waals surface area contributed by atoms with Gasteiger partial charge in [0.1, 0.15) is 4.60 Å². The summed E-state index contributed by atoms with van der Waals surface area (Å²) < 4.78 is 0.521. The molecule has 0 fully saturated rings. The van der Waals surface area contributed by atoms with Crippen molar-refractivity contribution in [2.75, 3.05) is 0 Å². The van der Waals surface area contributed by atoms with E-state index in [9.17, 15) is 4.79 Å². The fourth-order valence-electron chi connectivity index (χ4n) is 1.53. The van der Waals surface area contributed by atoms with Crippen LogP contribution in [0.5, 0.6) is 0 Å². The summed E-state index contributed by atoms with van der Waals surface area (Å²) in [5.41, 5.74) is 2.04. The van der Waals surface area contributed by atoms with Gasteiger partial charge in [-0.3, -0.25) is 4.79 Å². The average Bonchev–Trinajstić information content (AvgIpc) is 2.46. The number of carbonyl (C=O) groups excluding carboxylic acids is 1. The molecular weight excluding hydrogens is 306 g/mol. The van der Waals surface area contributed by atoms with Crippen molar-refractivity contribution in [2.24, 2.45) is 0 Å². The lowest BCUT2D eigenvalue weighted by atomic mass is 10.1. The van der Waals surface area contributed by atoms with Crippen molar-refractivity contribution in [3.05, 3.63) is 63.9 Å². The summed E-state index contributed by atoms with van der Waals surface area (Å²) in [6.45, 7) is 0.409. The Morgan fingerprint density at radius 3 is 2.68 bits per heavy atom. The Bertz CT molecular complexity index is 632. The Hall–Kier alpha value is -2.19. The second-order valence-corrected chi connectivity index (χ2v) is 4.58. The summed E-state index contributed by atoms with van der Waals surface area (Å²) in [6.07, 6.45) is 1.61. The van der Waals surface area contributed by atoms with Crippen molar-refractivity contribution in [1.82, 2.24) is 10.3 Å². The molecule has 0 aliphatic rings. The van der Waals surface area contributed by atoms with Crippen LogP contribution in [0.2, 0.25) is 0 Å². The molecule has 19 heavy (non-hydrogen) atoms. The summed E-state index contributed by atoms with van der Waals surface area (Å²) in [5, 5.41) is 11.5. The van der Waals surface area contributed by atoms with Crippen LogP contribution < -0.4 is 5.32 Å². The number of aromatic nitrogens is 1. The van der Waals surface area contributed by atoms with E-state index in [4.69, 9.17) is 5.26 Å². The highest BCUT2D eigenvalue weighted by Crippen LogP contribution is 2.12. The highest BCUT2D eigenvalue weighted by Gasteiger charge is 2.09. The molecule has 0 radical (unpaired) electrons. The second-order valence-electron chi connectivity index (χ2n) is 3.83. The van der Waals surface area contributed by atoms with Gasteiger partial charge < -0.3 is 5.32 Å². The lowest BCUT2D eigenvalue weighted by Crippen LogP contribution is -2.23. The van der Waals surface area contributed by atoms with Crippen LogP contribution in [-0.2, 0) is 6.54 Å². The van der Waals surface area contributed by atoms with Gasteiger partial charge in [-0.05, 0) is 45.8 Å². The number of halogens is 1. The molecule has 0 atom stereocenters. The van der Waals surface area contributed by atoms with E-state index in [1.165, 1.54) is 0 Å². The summed E-state index contributed by atoms with van der Waals surface area (Å²) >= 11 is 3.23. The minimum atomic E-state index is -0.190. The Labute approximate surface area is 119 Å². The predicted molar refractivity (Wildman–Crippen MR) is 74.3 cm³/mol. The molecular formula is C14H10BrN3O. The predicted octanol–water partition coefficient (Wildman–Crippen LogP) is 2.65. The normalized spacial score (nSPS) is 9.68. The van der Waals surface area contributed by atoms with Gasteiger partial charge in [0.2, 0.25) is 0 Å². The number of nitrogens with one attached hydrogen (secondary N) is 1. The van der Waals surface area contributed by atoms with Gasteiger partial charge in [-0.25, -0.2) is 4.98 Å². The van der Waals surface area contributed by atoms with Gasteiger partial charge >= 0.3 is 0 Å². The lowest BCUT2D eigenvalue weighted by molar-refractivity contribution is 0.0949. The summed E-state index contributed by atoms with van der Waals surface area (Å²) in [7, 11) is 0. The molecule has 1 N–H and O–H groups in total. The maximum absolute atomic E-state index is 11.9. The Kier molecular flexibility index (Phi) is 4.26. The van der Waals surface area contributed by atoms with Gasteiger partial charge in [-0.2, -0.15) is 5.26 Å². The smallest absolute Gasteiger partial charge is 0.254 e. The molecule has 94 valence electrons. The SMILES string of the molecule is N#Cc1ccc(CNC(=O)c2cccnc2Br)cc1. The molecule has 1 amide bonds. The van der Waals surface area contributed by atoms with E-state index >= 15 is 0 Å². The largest absolute Gasteiger partial charge is 0.348 e. The van der Waals surface area contributed by atoms with E-state index in [0.717, 1.165) is 5.56 Å². The maximum atomic E-state index is 11.9. The van der Waals surface area contributed by atoms with Gasteiger partial charge in [0.05, 0.1) is 17.2 Å². The van der Waals surface area contributed by atoms with Crippen LogP contribution in [0.1, 0.15) is 21.5 Å². The molecule has 5 heteroatoms. The van der Waals surface area contributed by atoms with Crippen LogP contribution in [0, 0.1) is 11.3 Å². The number of hydrogen-bond donors (Lipinski definition) is 1. The van der Waals surface area contributed by atoms with Crippen LogP contribution in [0.3, 0.4) is 0 Å². The number of carbonyl (C=O) groups is 1. The van der Waals surface area contributed by atoms with Gasteiger partial charge in [0, 0.05) is 12.7 Å². The standard InChI is InChI=1S/C14H10BrN3O/c15-13-12(2-1-7-17-13)14(19)18-9-11-5-3-10(8-16)4-6-11/h1-7H,9H2,(H,18,19). The first kappa shape index (κ1) is 13.2. The van der Waals surface area contributed by atoms with Crippen molar-refractivity contribution in [1.29, 1.82) is 5.26 Å². The monoisotopic (exact) mass is 315 g/mol. The number of nitriles is 1.